The van der Waals surface area contributed by atoms with Crippen molar-refractivity contribution in [2.75, 3.05) is 0 Å². The van der Waals surface area contributed by atoms with Gasteiger partial charge in [-0.3, -0.25) is 0 Å². The zero-order valence-corrected chi connectivity index (χ0v) is 5.09. The van der Waals surface area contributed by atoms with E-state index in [9.17, 15) is 7.61 Å². The summed E-state index contributed by atoms with van der Waals surface area (Å²) in [7, 11) is 0. The van der Waals surface area contributed by atoms with Crippen LogP contribution in [0.1, 0.15) is 0 Å². The molecular formula is H2Cr2O4. The second kappa shape index (κ2) is 9.14. The first kappa shape index (κ1) is 9.77. The Bertz CT molecular complexity index is 34.8. The summed E-state index contributed by atoms with van der Waals surface area (Å²) in [5.41, 5.74) is 0. The molecule has 0 atom stereocenters. The van der Waals surface area contributed by atoms with Gasteiger partial charge in [0.25, 0.3) is 0 Å². The molecule has 0 aromatic heterocycles. The van der Waals surface area contributed by atoms with E-state index in [1.165, 1.54) is 0 Å². The Balaban J connectivity index is 0. The van der Waals surface area contributed by atoms with Crippen molar-refractivity contribution in [1.82, 2.24) is 0 Å². The minimum atomic E-state index is -1.11. The van der Waals surface area contributed by atoms with Gasteiger partial charge in [0.05, 0.1) is 0 Å². The van der Waals surface area contributed by atoms with Gasteiger partial charge in [0, 0.05) is 0 Å². The molecule has 0 unspecified atom stereocenters. The molecule has 0 saturated carbocycles. The van der Waals surface area contributed by atoms with Crippen LogP contribution in [0.15, 0.2) is 0 Å². The van der Waals surface area contributed by atoms with Crippen LogP contribution in [-0.2, 0) is 41.4 Å². The molecule has 0 spiro atoms. The minimum absolute atomic E-state index is 0. The van der Waals surface area contributed by atoms with Gasteiger partial charge in [-0.05, 0) is 0 Å². The summed E-state index contributed by atoms with van der Waals surface area (Å²) >= 11 is -2.22. The van der Waals surface area contributed by atoms with E-state index >= 15 is 0 Å². The molecule has 0 aliphatic heterocycles. The molecule has 0 fully saturated rings. The normalized spacial score (nSPS) is 5.33. The Morgan fingerprint density at radius 3 is 1.50 bits per heavy atom. The van der Waals surface area contributed by atoms with E-state index in [4.69, 9.17) is 0 Å². The molecule has 38 valence electrons. The van der Waals surface area contributed by atoms with Crippen molar-refractivity contribution < 1.29 is 46.9 Å². The molecule has 0 bridgehead atoms. The Morgan fingerprint density at radius 1 is 1.17 bits per heavy atom. The summed E-state index contributed by atoms with van der Waals surface area (Å²) in [5.74, 6) is 0. The second-order valence-corrected chi connectivity index (χ2v) is 1.72. The van der Waals surface area contributed by atoms with Crippen LogP contribution in [0.4, 0.5) is 0 Å². The first-order chi connectivity index (χ1) is 2.41. The molecular weight excluding hydrogens is 168 g/mol. The zero-order chi connectivity index (χ0) is 4.12. The van der Waals surface area contributed by atoms with E-state index < -0.39 is 31.0 Å². The molecule has 0 amide bonds. The van der Waals surface area contributed by atoms with Crippen LogP contribution < -0.4 is 0 Å². The predicted molar refractivity (Wildman–Crippen MR) is 6.07 cm³/mol. The topological polar surface area (TPSA) is 74.9 Å². The summed E-state index contributed by atoms with van der Waals surface area (Å²) in [5, 5.41) is 0. The van der Waals surface area contributed by atoms with Gasteiger partial charge in [-0.25, -0.2) is 0 Å². The van der Waals surface area contributed by atoms with Gasteiger partial charge in [0.2, 0.25) is 0 Å². The van der Waals surface area contributed by atoms with Crippen LogP contribution in [-0.4, -0.2) is 5.48 Å². The van der Waals surface area contributed by atoms with E-state index in [0.29, 0.717) is 0 Å². The van der Waals surface area contributed by atoms with Gasteiger partial charge < -0.3 is 5.48 Å². The third-order valence-electron chi connectivity index (χ3n) is 0.0556. The van der Waals surface area contributed by atoms with Crippen molar-refractivity contribution in [3.63, 3.8) is 0 Å². The van der Waals surface area contributed by atoms with Gasteiger partial charge in [0.1, 0.15) is 0 Å². The summed E-state index contributed by atoms with van der Waals surface area (Å²) in [4.78, 5) is 0. The monoisotopic (exact) mass is 170 g/mol. The number of hydrogen-bond donors (Lipinski definition) is 0. The summed E-state index contributed by atoms with van der Waals surface area (Å²) in [6, 6.07) is 0. The molecule has 0 saturated heterocycles. The van der Waals surface area contributed by atoms with Crippen LogP contribution in [0.5, 0.6) is 0 Å². The van der Waals surface area contributed by atoms with Gasteiger partial charge in [0.15, 0.2) is 0 Å². The van der Waals surface area contributed by atoms with Crippen molar-refractivity contribution in [3.8, 4) is 0 Å². The summed E-state index contributed by atoms with van der Waals surface area (Å²) < 4.78 is 22.2. The third-order valence-corrected chi connectivity index (χ3v) is 0.944. The standard InChI is InChI=1S/2Cr.H2O.3O/h;;1H2;;;. The van der Waals surface area contributed by atoms with E-state index in [0.717, 1.165) is 0 Å². The van der Waals surface area contributed by atoms with Crippen molar-refractivity contribution >= 4 is 0 Å². The predicted octanol–water partition coefficient (Wildman–Crippen LogP) is -1.14. The first-order valence-electron chi connectivity index (χ1n) is 0.667. The number of rotatable bonds is 2. The molecule has 2 N–H and O–H groups in total. The molecule has 4 nitrogen and oxygen atoms in total. The van der Waals surface area contributed by atoms with E-state index in [1.807, 2.05) is 0 Å². The van der Waals surface area contributed by atoms with Crippen LogP contribution in [0.2, 0.25) is 0 Å². The zero-order valence-electron chi connectivity index (χ0n) is 2.54. The average molecular weight is 170 g/mol. The first-order valence-corrected chi connectivity index (χ1v) is 2.75. The molecule has 0 aromatic rings. The molecule has 0 aliphatic carbocycles. The molecule has 6 heteroatoms. The maximum atomic E-state index is 9.19. The van der Waals surface area contributed by atoms with Crippen molar-refractivity contribution in [1.29, 1.82) is 0 Å². The molecule has 0 heterocycles. The fourth-order valence-electron chi connectivity index (χ4n) is 0.0113. The Morgan fingerprint density at radius 2 is 1.50 bits per heavy atom. The van der Waals surface area contributed by atoms with Crippen LogP contribution in [0.3, 0.4) is 0 Å². The van der Waals surface area contributed by atoms with Gasteiger partial charge in [-0.1, -0.05) is 0 Å². The second-order valence-electron chi connectivity index (χ2n) is 0.204. The fourth-order valence-corrected chi connectivity index (χ4v) is 0.193. The third kappa shape index (κ3) is 8.82. The van der Waals surface area contributed by atoms with E-state index in [2.05, 4.69) is 2.84 Å². The Kier molecular flexibility index (Phi) is 14.9. The van der Waals surface area contributed by atoms with E-state index in [-0.39, 0.29) is 5.48 Å². The maximum absolute atomic E-state index is 9.19. The van der Waals surface area contributed by atoms with Crippen LogP contribution in [0.25, 0.3) is 0 Å². The number of hydrogen-bond acceptors (Lipinski definition) is 3. The van der Waals surface area contributed by atoms with Crippen LogP contribution in [0, 0.1) is 0 Å². The summed E-state index contributed by atoms with van der Waals surface area (Å²) in [6.45, 7) is 0. The average Bonchev–Trinajstić information content (AvgIpc) is 1.41. The SMILES string of the molecule is O.[O]=[Cr][O][Cr]=[O]. The van der Waals surface area contributed by atoms with Gasteiger partial charge in [-0.15, -0.1) is 0 Å². The molecule has 0 rings (SSSR count). The summed E-state index contributed by atoms with van der Waals surface area (Å²) in [6.07, 6.45) is 0. The molecule has 6 heavy (non-hydrogen) atoms. The quantitative estimate of drug-likeness (QED) is 0.525. The van der Waals surface area contributed by atoms with Crippen molar-refractivity contribution in [3.05, 3.63) is 0 Å². The van der Waals surface area contributed by atoms with Gasteiger partial charge >= 0.3 is 41.4 Å². The van der Waals surface area contributed by atoms with E-state index in [1.54, 1.807) is 0 Å². The van der Waals surface area contributed by atoms with Crippen molar-refractivity contribution in [2.24, 2.45) is 0 Å². The molecule has 0 aromatic carbocycles. The Hall–Kier alpha value is 0.585. The van der Waals surface area contributed by atoms with Crippen LogP contribution >= 0.6 is 0 Å². The van der Waals surface area contributed by atoms with Gasteiger partial charge in [-0.2, -0.15) is 0 Å². The Labute approximate surface area is 47.3 Å². The van der Waals surface area contributed by atoms with Crippen molar-refractivity contribution in [2.45, 2.75) is 0 Å². The fraction of sp³-hybridized carbons (Fsp3) is 0. The molecule has 0 aliphatic rings. The molecule has 0 radical (unpaired) electrons.